The second kappa shape index (κ2) is 7.22. The maximum atomic E-state index is 11.3. The Kier molecular flexibility index (Phi) is 5.32. The molecule has 0 saturated heterocycles. The molecular weight excluding hydrogens is 292 g/mol. The second-order valence-electron chi connectivity index (χ2n) is 5.68. The Morgan fingerprint density at radius 1 is 1.17 bits per heavy atom. The van der Waals surface area contributed by atoms with Crippen molar-refractivity contribution in [1.82, 2.24) is 9.97 Å². The molecule has 1 N–H and O–H groups in total. The molecule has 0 aliphatic carbocycles. The number of hydrogen-bond acceptors (Lipinski definition) is 4. The number of ether oxygens (including phenoxy) is 1. The first kappa shape index (κ1) is 16.9. The second-order valence-corrected chi connectivity index (χ2v) is 5.68. The molecule has 5 heteroatoms. The van der Waals surface area contributed by atoms with Crippen LogP contribution >= 0.6 is 0 Å². The van der Waals surface area contributed by atoms with Crippen LogP contribution in [0.15, 0.2) is 36.7 Å². The van der Waals surface area contributed by atoms with Gasteiger partial charge in [0.15, 0.2) is 5.82 Å². The molecule has 1 atom stereocenters. The minimum Gasteiger partial charge on any atom is -0.478 e. The van der Waals surface area contributed by atoms with Crippen molar-refractivity contribution in [2.24, 2.45) is 0 Å². The number of aliphatic carboxylic acids is 1. The van der Waals surface area contributed by atoms with E-state index in [1.807, 2.05) is 24.5 Å². The fraction of sp³-hybridized carbons (Fsp3) is 0.389. The van der Waals surface area contributed by atoms with Crippen molar-refractivity contribution in [3.8, 4) is 17.1 Å². The zero-order valence-corrected chi connectivity index (χ0v) is 13.7. The first-order valence-electron chi connectivity index (χ1n) is 7.82. The van der Waals surface area contributed by atoms with Crippen molar-refractivity contribution in [3.63, 3.8) is 0 Å². The van der Waals surface area contributed by atoms with E-state index in [1.54, 1.807) is 26.0 Å². The summed E-state index contributed by atoms with van der Waals surface area (Å²) in [5.74, 6) is 0.190. The predicted octanol–water partition coefficient (Wildman–Crippen LogP) is 3.73. The summed E-state index contributed by atoms with van der Waals surface area (Å²) in [6.45, 7) is 5.47. The molecule has 0 saturated carbocycles. The minimum absolute atomic E-state index is 0.381. The summed E-state index contributed by atoms with van der Waals surface area (Å²) in [6, 6.07) is 7.16. The Morgan fingerprint density at radius 2 is 1.78 bits per heavy atom. The summed E-state index contributed by atoms with van der Waals surface area (Å²) < 4.78 is 5.61. The van der Waals surface area contributed by atoms with Gasteiger partial charge >= 0.3 is 5.97 Å². The smallest absolute Gasteiger partial charge is 0.347 e. The fourth-order valence-corrected chi connectivity index (χ4v) is 2.12. The van der Waals surface area contributed by atoms with Crippen molar-refractivity contribution in [2.45, 2.75) is 45.6 Å². The molecule has 0 fully saturated rings. The molecule has 0 spiro atoms. The third-order valence-corrected chi connectivity index (χ3v) is 3.83. The first-order chi connectivity index (χ1) is 11.0. The van der Waals surface area contributed by atoms with E-state index in [1.165, 1.54) is 0 Å². The van der Waals surface area contributed by atoms with Gasteiger partial charge in [-0.05, 0) is 49.6 Å². The number of nitrogens with zero attached hydrogens (tertiary/aromatic N) is 2. The van der Waals surface area contributed by atoms with E-state index in [-0.39, 0.29) is 0 Å². The molecule has 23 heavy (non-hydrogen) atoms. The molecule has 1 aromatic heterocycles. The van der Waals surface area contributed by atoms with Gasteiger partial charge in [-0.15, -0.1) is 0 Å². The number of benzene rings is 1. The van der Waals surface area contributed by atoms with Gasteiger partial charge in [-0.25, -0.2) is 14.8 Å². The lowest BCUT2D eigenvalue weighted by molar-refractivity contribution is -0.154. The summed E-state index contributed by atoms with van der Waals surface area (Å²) in [5.41, 5.74) is 0.769. The highest BCUT2D eigenvalue weighted by Crippen LogP contribution is 2.24. The van der Waals surface area contributed by atoms with E-state index in [9.17, 15) is 9.90 Å². The molecule has 1 heterocycles. The SMILES string of the molecule is CCCc1cnc(-c2ccc(OC(C)(CC)C(=O)O)cc2)nc1. The Balaban J connectivity index is 2.14. The van der Waals surface area contributed by atoms with Crippen LogP contribution in [0.2, 0.25) is 0 Å². The molecule has 2 rings (SSSR count). The first-order valence-corrected chi connectivity index (χ1v) is 7.82. The summed E-state index contributed by atoms with van der Waals surface area (Å²) >= 11 is 0. The minimum atomic E-state index is -1.22. The average molecular weight is 314 g/mol. The highest BCUT2D eigenvalue weighted by molar-refractivity contribution is 5.77. The van der Waals surface area contributed by atoms with Crippen LogP contribution in [0.1, 0.15) is 39.2 Å². The highest BCUT2D eigenvalue weighted by atomic mass is 16.5. The molecule has 122 valence electrons. The van der Waals surface area contributed by atoms with Gasteiger partial charge in [0.1, 0.15) is 5.75 Å². The molecule has 0 aliphatic rings. The topological polar surface area (TPSA) is 72.3 Å². The molecular formula is C18H22N2O3. The van der Waals surface area contributed by atoms with Crippen LogP contribution < -0.4 is 4.74 Å². The Morgan fingerprint density at radius 3 is 2.26 bits per heavy atom. The van der Waals surface area contributed by atoms with Gasteiger partial charge in [0.25, 0.3) is 0 Å². The maximum absolute atomic E-state index is 11.3. The predicted molar refractivity (Wildman–Crippen MR) is 88.4 cm³/mol. The third kappa shape index (κ3) is 4.06. The van der Waals surface area contributed by atoms with Gasteiger partial charge in [0, 0.05) is 18.0 Å². The van der Waals surface area contributed by atoms with Crippen LogP contribution in [-0.4, -0.2) is 26.6 Å². The van der Waals surface area contributed by atoms with Crippen LogP contribution in [0, 0.1) is 0 Å². The number of aromatic nitrogens is 2. The number of hydrogen-bond donors (Lipinski definition) is 1. The monoisotopic (exact) mass is 314 g/mol. The molecule has 5 nitrogen and oxygen atoms in total. The molecule has 0 radical (unpaired) electrons. The zero-order valence-electron chi connectivity index (χ0n) is 13.7. The Labute approximate surface area is 136 Å². The van der Waals surface area contributed by atoms with Crippen LogP contribution in [0.4, 0.5) is 0 Å². The average Bonchev–Trinajstić information content (AvgIpc) is 2.56. The van der Waals surface area contributed by atoms with Crippen molar-refractivity contribution in [2.75, 3.05) is 0 Å². The van der Waals surface area contributed by atoms with Crippen LogP contribution in [-0.2, 0) is 11.2 Å². The summed E-state index contributed by atoms with van der Waals surface area (Å²) in [7, 11) is 0. The molecule has 0 amide bonds. The summed E-state index contributed by atoms with van der Waals surface area (Å²) in [6.07, 6.45) is 6.10. The van der Waals surface area contributed by atoms with Crippen LogP contribution in [0.3, 0.4) is 0 Å². The van der Waals surface area contributed by atoms with E-state index in [2.05, 4.69) is 16.9 Å². The van der Waals surface area contributed by atoms with E-state index in [4.69, 9.17) is 4.74 Å². The van der Waals surface area contributed by atoms with Crippen LogP contribution in [0.5, 0.6) is 5.75 Å². The number of carboxylic acids is 1. The highest BCUT2D eigenvalue weighted by Gasteiger charge is 2.33. The van der Waals surface area contributed by atoms with Crippen molar-refractivity contribution in [3.05, 3.63) is 42.2 Å². The number of carbonyl (C=O) groups is 1. The lowest BCUT2D eigenvalue weighted by Gasteiger charge is -2.24. The maximum Gasteiger partial charge on any atom is 0.347 e. The van der Waals surface area contributed by atoms with Gasteiger partial charge in [0.05, 0.1) is 0 Å². The van der Waals surface area contributed by atoms with Gasteiger partial charge in [-0.1, -0.05) is 20.3 Å². The largest absolute Gasteiger partial charge is 0.478 e. The van der Waals surface area contributed by atoms with E-state index in [0.29, 0.717) is 18.0 Å². The Hall–Kier alpha value is -2.43. The normalized spacial score (nSPS) is 13.3. The van der Waals surface area contributed by atoms with Gasteiger partial charge in [-0.2, -0.15) is 0 Å². The van der Waals surface area contributed by atoms with E-state index in [0.717, 1.165) is 24.0 Å². The number of aryl methyl sites for hydroxylation is 1. The van der Waals surface area contributed by atoms with E-state index < -0.39 is 11.6 Å². The fourth-order valence-electron chi connectivity index (χ4n) is 2.12. The molecule has 2 aromatic rings. The standard InChI is InChI=1S/C18H22N2O3/c1-4-6-13-11-19-16(20-12-13)14-7-9-15(10-8-14)23-18(3,5-2)17(21)22/h7-12H,4-6H2,1-3H3,(H,21,22). The summed E-state index contributed by atoms with van der Waals surface area (Å²) in [4.78, 5) is 20.0. The molecule has 0 aliphatic heterocycles. The Bertz CT molecular complexity index is 653. The quantitative estimate of drug-likeness (QED) is 0.843. The molecule has 0 bridgehead atoms. The number of carboxylic acid groups (broad SMARTS) is 1. The molecule has 1 aromatic carbocycles. The van der Waals surface area contributed by atoms with E-state index >= 15 is 0 Å². The zero-order chi connectivity index (χ0) is 16.9. The summed E-state index contributed by atoms with van der Waals surface area (Å²) in [5, 5.41) is 9.25. The number of rotatable bonds is 7. The van der Waals surface area contributed by atoms with Gasteiger partial charge < -0.3 is 9.84 Å². The van der Waals surface area contributed by atoms with Crippen molar-refractivity contribution >= 4 is 5.97 Å². The van der Waals surface area contributed by atoms with Gasteiger partial charge in [0.2, 0.25) is 5.60 Å². The van der Waals surface area contributed by atoms with Crippen molar-refractivity contribution < 1.29 is 14.6 Å². The van der Waals surface area contributed by atoms with Crippen molar-refractivity contribution in [1.29, 1.82) is 0 Å². The lowest BCUT2D eigenvalue weighted by Crippen LogP contribution is -2.40. The molecule has 1 unspecified atom stereocenters. The van der Waals surface area contributed by atoms with Crippen LogP contribution in [0.25, 0.3) is 11.4 Å². The third-order valence-electron chi connectivity index (χ3n) is 3.83. The van der Waals surface area contributed by atoms with Gasteiger partial charge in [-0.3, -0.25) is 0 Å². The lowest BCUT2D eigenvalue weighted by atomic mass is 10.0.